The van der Waals surface area contributed by atoms with Crippen LogP contribution in [0.1, 0.15) is 17.4 Å². The third-order valence-corrected chi connectivity index (χ3v) is 3.13. The maximum Gasteiger partial charge on any atom is 0.129 e. The topological polar surface area (TPSA) is 72.0 Å². The number of aliphatic hydroxyl groups excluding tert-OH is 1. The Morgan fingerprint density at radius 1 is 1.41 bits per heavy atom. The molecule has 0 aliphatic rings. The van der Waals surface area contributed by atoms with E-state index in [0.29, 0.717) is 20.8 Å². The molecule has 6 heteroatoms. The highest BCUT2D eigenvalue weighted by Gasteiger charge is 2.18. The van der Waals surface area contributed by atoms with Crippen LogP contribution in [0.15, 0.2) is 35.1 Å². The lowest BCUT2D eigenvalue weighted by Gasteiger charge is -2.13. The van der Waals surface area contributed by atoms with E-state index in [4.69, 9.17) is 17.3 Å². The van der Waals surface area contributed by atoms with Gasteiger partial charge in [-0.3, -0.25) is 4.98 Å². The Hall–Kier alpha value is -1.17. The lowest BCUT2D eigenvalue weighted by Crippen LogP contribution is -2.07. The van der Waals surface area contributed by atoms with E-state index in [1.54, 1.807) is 24.4 Å². The zero-order chi connectivity index (χ0) is 12.4. The number of aromatic nitrogens is 2. The minimum absolute atomic E-state index is 0.236. The second kappa shape index (κ2) is 5.00. The van der Waals surface area contributed by atoms with E-state index in [2.05, 4.69) is 25.9 Å². The summed E-state index contributed by atoms with van der Waals surface area (Å²) in [5, 5.41) is 10.6. The van der Waals surface area contributed by atoms with Gasteiger partial charge in [0.2, 0.25) is 0 Å². The first-order valence-corrected chi connectivity index (χ1v) is 5.96. The highest BCUT2D eigenvalue weighted by atomic mass is 79.9. The second-order valence-corrected chi connectivity index (χ2v) is 4.69. The molecular formula is C11H9BrClN3O. The van der Waals surface area contributed by atoms with Crippen LogP contribution in [0.4, 0.5) is 5.82 Å². The van der Waals surface area contributed by atoms with Crippen molar-refractivity contribution in [2.75, 3.05) is 5.73 Å². The Morgan fingerprint density at radius 2 is 2.18 bits per heavy atom. The molecule has 2 aromatic rings. The van der Waals surface area contributed by atoms with Crippen molar-refractivity contribution in [2.45, 2.75) is 6.10 Å². The molecular weight excluding hydrogens is 305 g/mol. The van der Waals surface area contributed by atoms with Gasteiger partial charge in [-0.05, 0) is 34.1 Å². The lowest BCUT2D eigenvalue weighted by molar-refractivity contribution is 0.215. The Morgan fingerprint density at radius 3 is 2.88 bits per heavy atom. The van der Waals surface area contributed by atoms with Crippen LogP contribution in [0, 0.1) is 0 Å². The average Bonchev–Trinajstić information content (AvgIpc) is 2.32. The number of nitrogens with two attached hydrogens (primary N) is 1. The Labute approximate surface area is 112 Å². The van der Waals surface area contributed by atoms with Crippen LogP contribution in [0.5, 0.6) is 0 Å². The van der Waals surface area contributed by atoms with Gasteiger partial charge in [-0.1, -0.05) is 11.6 Å². The molecule has 2 aromatic heterocycles. The molecule has 0 saturated carbocycles. The molecule has 1 unspecified atom stereocenters. The fraction of sp³-hybridized carbons (Fsp3) is 0.0909. The zero-order valence-corrected chi connectivity index (χ0v) is 11.0. The summed E-state index contributed by atoms with van der Waals surface area (Å²) in [5.41, 5.74) is 6.62. The first-order valence-electron chi connectivity index (χ1n) is 4.79. The van der Waals surface area contributed by atoms with Crippen LogP contribution in [-0.4, -0.2) is 15.1 Å². The summed E-state index contributed by atoms with van der Waals surface area (Å²) < 4.78 is 0.701. The number of hydrogen-bond donors (Lipinski definition) is 2. The third-order valence-electron chi connectivity index (χ3n) is 2.26. The van der Waals surface area contributed by atoms with Crippen molar-refractivity contribution in [3.8, 4) is 0 Å². The summed E-state index contributed by atoms with van der Waals surface area (Å²) in [6.45, 7) is 0. The van der Waals surface area contributed by atoms with Gasteiger partial charge in [-0.25, -0.2) is 4.98 Å². The predicted octanol–water partition coefficient (Wildman–Crippen LogP) is 2.56. The van der Waals surface area contributed by atoms with E-state index in [1.165, 1.54) is 6.20 Å². The SMILES string of the molecule is Nc1ncc(Cl)cc1C(O)c1ncccc1Br. The molecule has 0 spiro atoms. The highest BCUT2D eigenvalue weighted by molar-refractivity contribution is 9.10. The number of aliphatic hydroxyl groups is 1. The summed E-state index contributed by atoms with van der Waals surface area (Å²) in [5.74, 6) is 0.236. The Kier molecular flexibility index (Phi) is 3.61. The molecule has 0 aliphatic carbocycles. The monoisotopic (exact) mass is 313 g/mol. The molecule has 3 N–H and O–H groups in total. The fourth-order valence-electron chi connectivity index (χ4n) is 1.43. The van der Waals surface area contributed by atoms with Gasteiger partial charge in [0, 0.05) is 22.4 Å². The van der Waals surface area contributed by atoms with E-state index in [1.807, 2.05) is 0 Å². The number of anilines is 1. The summed E-state index contributed by atoms with van der Waals surface area (Å²) in [4.78, 5) is 8.00. The third kappa shape index (κ3) is 2.57. The summed E-state index contributed by atoms with van der Waals surface area (Å²) in [7, 11) is 0. The molecule has 4 nitrogen and oxygen atoms in total. The fourth-order valence-corrected chi connectivity index (χ4v) is 2.07. The van der Waals surface area contributed by atoms with E-state index in [-0.39, 0.29) is 5.82 Å². The van der Waals surface area contributed by atoms with E-state index in [9.17, 15) is 5.11 Å². The van der Waals surface area contributed by atoms with Crippen molar-refractivity contribution >= 4 is 33.3 Å². The molecule has 0 fully saturated rings. The van der Waals surface area contributed by atoms with Crippen LogP contribution < -0.4 is 5.73 Å². The van der Waals surface area contributed by atoms with Gasteiger partial charge in [0.25, 0.3) is 0 Å². The number of rotatable bonds is 2. The molecule has 0 aliphatic heterocycles. The maximum atomic E-state index is 10.2. The van der Waals surface area contributed by atoms with Crippen LogP contribution in [0.3, 0.4) is 0 Å². The number of nitrogens with zero attached hydrogens (tertiary/aromatic N) is 2. The van der Waals surface area contributed by atoms with Crippen LogP contribution in [0.2, 0.25) is 5.02 Å². The maximum absolute atomic E-state index is 10.2. The van der Waals surface area contributed by atoms with Gasteiger partial charge < -0.3 is 10.8 Å². The molecule has 17 heavy (non-hydrogen) atoms. The number of halogens is 2. The van der Waals surface area contributed by atoms with Gasteiger partial charge in [0.1, 0.15) is 11.9 Å². The molecule has 2 rings (SSSR count). The smallest absolute Gasteiger partial charge is 0.129 e. The van der Waals surface area contributed by atoms with Crippen molar-refractivity contribution in [1.82, 2.24) is 9.97 Å². The van der Waals surface area contributed by atoms with E-state index < -0.39 is 6.10 Å². The standard InChI is InChI=1S/C11H9BrClN3O/c12-8-2-1-3-15-9(8)10(17)7-4-6(13)5-16-11(7)14/h1-5,10,17H,(H2,14,16). The van der Waals surface area contributed by atoms with Gasteiger partial charge in [0.05, 0.1) is 10.7 Å². The molecule has 2 heterocycles. The summed E-state index contributed by atoms with van der Waals surface area (Å²) in [6, 6.07) is 5.13. The van der Waals surface area contributed by atoms with Crippen molar-refractivity contribution in [3.05, 3.63) is 51.3 Å². The van der Waals surface area contributed by atoms with Crippen LogP contribution in [0.25, 0.3) is 0 Å². The van der Waals surface area contributed by atoms with Crippen molar-refractivity contribution in [1.29, 1.82) is 0 Å². The lowest BCUT2D eigenvalue weighted by atomic mass is 10.1. The number of pyridine rings is 2. The largest absolute Gasteiger partial charge is 0.383 e. The van der Waals surface area contributed by atoms with Gasteiger partial charge in [-0.15, -0.1) is 0 Å². The van der Waals surface area contributed by atoms with Gasteiger partial charge in [-0.2, -0.15) is 0 Å². The van der Waals surface area contributed by atoms with Crippen LogP contribution in [-0.2, 0) is 0 Å². The van der Waals surface area contributed by atoms with E-state index >= 15 is 0 Å². The first-order chi connectivity index (χ1) is 8.09. The summed E-state index contributed by atoms with van der Waals surface area (Å²) in [6.07, 6.45) is 2.06. The van der Waals surface area contributed by atoms with Gasteiger partial charge >= 0.3 is 0 Å². The summed E-state index contributed by atoms with van der Waals surface area (Å²) >= 11 is 9.15. The molecule has 0 amide bonds. The first kappa shape index (κ1) is 12.3. The van der Waals surface area contributed by atoms with Crippen molar-refractivity contribution < 1.29 is 5.11 Å². The molecule has 0 aromatic carbocycles. The molecule has 88 valence electrons. The minimum Gasteiger partial charge on any atom is -0.383 e. The minimum atomic E-state index is -0.961. The molecule has 0 bridgehead atoms. The molecule has 0 radical (unpaired) electrons. The second-order valence-electron chi connectivity index (χ2n) is 3.40. The zero-order valence-electron chi connectivity index (χ0n) is 8.64. The number of nitrogen functional groups attached to an aromatic ring is 1. The van der Waals surface area contributed by atoms with Crippen molar-refractivity contribution in [2.24, 2.45) is 0 Å². The van der Waals surface area contributed by atoms with Gasteiger partial charge in [0.15, 0.2) is 0 Å². The Balaban J connectivity index is 2.47. The number of hydrogen-bond acceptors (Lipinski definition) is 4. The van der Waals surface area contributed by atoms with E-state index in [0.717, 1.165) is 0 Å². The van der Waals surface area contributed by atoms with Crippen LogP contribution >= 0.6 is 27.5 Å². The average molecular weight is 315 g/mol. The quantitative estimate of drug-likeness (QED) is 0.893. The molecule has 0 saturated heterocycles. The Bertz CT molecular complexity index is 550. The normalized spacial score (nSPS) is 12.4. The van der Waals surface area contributed by atoms with Crippen molar-refractivity contribution in [3.63, 3.8) is 0 Å². The highest BCUT2D eigenvalue weighted by Crippen LogP contribution is 2.30. The predicted molar refractivity (Wildman–Crippen MR) is 69.7 cm³/mol. The molecule has 1 atom stereocenters.